The molecule has 1 aromatic rings. The molecule has 1 aliphatic heterocycles. The smallest absolute Gasteiger partial charge is 0.129 e. The highest BCUT2D eigenvalue weighted by atomic mass is 19.1. The Morgan fingerprint density at radius 3 is 2.37 bits per heavy atom. The van der Waals surface area contributed by atoms with Gasteiger partial charge in [-0.05, 0) is 43.5 Å². The molecule has 19 heavy (non-hydrogen) atoms. The molecule has 2 nitrogen and oxygen atoms in total. The van der Waals surface area contributed by atoms with Gasteiger partial charge in [0.1, 0.15) is 5.82 Å². The van der Waals surface area contributed by atoms with Gasteiger partial charge in [0, 0.05) is 17.8 Å². The lowest BCUT2D eigenvalue weighted by molar-refractivity contribution is 0.0902. The van der Waals surface area contributed by atoms with E-state index in [1.54, 1.807) is 6.07 Å². The molecule has 0 atom stereocenters. The molecule has 1 aliphatic rings. The summed E-state index contributed by atoms with van der Waals surface area (Å²) in [4.78, 5) is 2.36. The van der Waals surface area contributed by atoms with Crippen molar-refractivity contribution in [3.05, 3.63) is 29.6 Å². The van der Waals surface area contributed by atoms with Crippen molar-refractivity contribution < 1.29 is 4.39 Å². The molecule has 0 aromatic heterocycles. The molecule has 0 amide bonds. The zero-order valence-electron chi connectivity index (χ0n) is 12.1. The number of rotatable bonds is 4. The third kappa shape index (κ3) is 3.27. The Labute approximate surface area is 115 Å². The molecule has 1 fully saturated rings. The summed E-state index contributed by atoms with van der Waals surface area (Å²) < 4.78 is 13.8. The van der Waals surface area contributed by atoms with Crippen LogP contribution in [0, 0.1) is 11.2 Å². The van der Waals surface area contributed by atoms with Gasteiger partial charge in [-0.1, -0.05) is 32.8 Å². The van der Waals surface area contributed by atoms with E-state index < -0.39 is 0 Å². The number of nitrogen functional groups attached to an aromatic ring is 1. The third-order valence-electron chi connectivity index (χ3n) is 4.89. The molecule has 1 heterocycles. The summed E-state index contributed by atoms with van der Waals surface area (Å²) in [5.41, 5.74) is 7.36. The van der Waals surface area contributed by atoms with Gasteiger partial charge >= 0.3 is 0 Å². The summed E-state index contributed by atoms with van der Waals surface area (Å²) in [5, 5.41) is 0. The van der Waals surface area contributed by atoms with Crippen molar-refractivity contribution in [3.63, 3.8) is 0 Å². The molecule has 1 aromatic carbocycles. The van der Waals surface area contributed by atoms with Crippen molar-refractivity contribution in [2.45, 2.75) is 46.1 Å². The van der Waals surface area contributed by atoms with Gasteiger partial charge in [-0.15, -0.1) is 0 Å². The van der Waals surface area contributed by atoms with Crippen molar-refractivity contribution in [2.75, 3.05) is 18.8 Å². The van der Waals surface area contributed by atoms with Gasteiger partial charge in [0.2, 0.25) is 0 Å². The van der Waals surface area contributed by atoms with Crippen LogP contribution >= 0.6 is 0 Å². The zero-order chi connectivity index (χ0) is 13.9. The molecule has 1 saturated heterocycles. The van der Waals surface area contributed by atoms with Crippen LogP contribution < -0.4 is 5.73 Å². The fourth-order valence-corrected chi connectivity index (χ4v) is 3.08. The first-order valence-electron chi connectivity index (χ1n) is 7.35. The van der Waals surface area contributed by atoms with Gasteiger partial charge in [0.25, 0.3) is 0 Å². The number of halogens is 1. The van der Waals surface area contributed by atoms with Crippen LogP contribution in [0.25, 0.3) is 0 Å². The van der Waals surface area contributed by atoms with Gasteiger partial charge in [0.05, 0.1) is 0 Å². The fourth-order valence-electron chi connectivity index (χ4n) is 3.08. The SMILES string of the molecule is CCC1(CC)CCN(Cc2ccc(N)cc2F)CC1. The van der Waals surface area contributed by atoms with E-state index in [4.69, 9.17) is 5.73 Å². The average molecular weight is 264 g/mol. The van der Waals surface area contributed by atoms with Crippen molar-refractivity contribution in [2.24, 2.45) is 5.41 Å². The maximum absolute atomic E-state index is 13.8. The van der Waals surface area contributed by atoms with Crippen LogP contribution in [0.3, 0.4) is 0 Å². The Morgan fingerprint density at radius 2 is 1.84 bits per heavy atom. The van der Waals surface area contributed by atoms with E-state index in [0.29, 0.717) is 17.6 Å². The summed E-state index contributed by atoms with van der Waals surface area (Å²) in [6.07, 6.45) is 4.98. The van der Waals surface area contributed by atoms with Gasteiger partial charge in [-0.25, -0.2) is 4.39 Å². The Kier molecular flexibility index (Phi) is 4.46. The maximum Gasteiger partial charge on any atom is 0.129 e. The van der Waals surface area contributed by atoms with Crippen molar-refractivity contribution in [1.82, 2.24) is 4.90 Å². The van der Waals surface area contributed by atoms with Crippen LogP contribution in [-0.2, 0) is 6.54 Å². The summed E-state index contributed by atoms with van der Waals surface area (Å²) in [6, 6.07) is 5.01. The molecule has 2 N–H and O–H groups in total. The topological polar surface area (TPSA) is 29.3 Å². The maximum atomic E-state index is 13.8. The first kappa shape index (κ1) is 14.3. The predicted octanol–water partition coefficient (Wildman–Crippen LogP) is 3.81. The van der Waals surface area contributed by atoms with Crippen molar-refractivity contribution in [3.8, 4) is 0 Å². The number of hydrogen-bond donors (Lipinski definition) is 1. The number of piperidine rings is 1. The summed E-state index contributed by atoms with van der Waals surface area (Å²) in [5.74, 6) is -0.178. The first-order valence-corrected chi connectivity index (χ1v) is 7.35. The number of anilines is 1. The van der Waals surface area contributed by atoms with Crippen LogP contribution in [0.4, 0.5) is 10.1 Å². The number of nitrogens with two attached hydrogens (primary N) is 1. The highest BCUT2D eigenvalue weighted by molar-refractivity contribution is 5.40. The minimum Gasteiger partial charge on any atom is -0.399 e. The van der Waals surface area contributed by atoms with Gasteiger partial charge in [-0.2, -0.15) is 0 Å². The highest BCUT2D eigenvalue weighted by Crippen LogP contribution is 2.38. The van der Waals surface area contributed by atoms with E-state index in [-0.39, 0.29) is 5.82 Å². The van der Waals surface area contributed by atoms with Gasteiger partial charge < -0.3 is 5.73 Å². The number of hydrogen-bond acceptors (Lipinski definition) is 2. The highest BCUT2D eigenvalue weighted by Gasteiger charge is 2.31. The zero-order valence-corrected chi connectivity index (χ0v) is 12.1. The van der Waals surface area contributed by atoms with Crippen LogP contribution in [0.15, 0.2) is 18.2 Å². The number of likely N-dealkylation sites (tertiary alicyclic amines) is 1. The Bertz CT molecular complexity index is 417. The fraction of sp³-hybridized carbons (Fsp3) is 0.625. The first-order chi connectivity index (χ1) is 9.08. The van der Waals surface area contributed by atoms with Crippen molar-refractivity contribution >= 4 is 5.69 Å². The van der Waals surface area contributed by atoms with Crippen molar-refractivity contribution in [1.29, 1.82) is 0 Å². The molecule has 0 spiro atoms. The van der Waals surface area contributed by atoms with Crippen LogP contribution in [0.1, 0.15) is 45.1 Å². The molecular formula is C16H25FN2. The largest absolute Gasteiger partial charge is 0.399 e. The normalized spacial score (nSPS) is 19.5. The van der Waals surface area contributed by atoms with E-state index >= 15 is 0 Å². The summed E-state index contributed by atoms with van der Waals surface area (Å²) in [7, 11) is 0. The minimum atomic E-state index is -0.178. The lowest BCUT2D eigenvalue weighted by atomic mass is 9.74. The van der Waals surface area contributed by atoms with Gasteiger partial charge in [0.15, 0.2) is 0 Å². The summed E-state index contributed by atoms with van der Waals surface area (Å²) in [6.45, 7) is 7.43. The Morgan fingerprint density at radius 1 is 1.21 bits per heavy atom. The van der Waals surface area contributed by atoms with Gasteiger partial charge in [-0.3, -0.25) is 4.90 Å². The monoisotopic (exact) mass is 264 g/mol. The Balaban J connectivity index is 1.95. The van der Waals surface area contributed by atoms with Crippen LogP contribution in [-0.4, -0.2) is 18.0 Å². The van der Waals surface area contributed by atoms with E-state index in [9.17, 15) is 4.39 Å². The minimum absolute atomic E-state index is 0.178. The summed E-state index contributed by atoms with van der Waals surface area (Å²) >= 11 is 0. The van der Waals surface area contributed by atoms with E-state index in [2.05, 4.69) is 18.7 Å². The number of benzene rings is 1. The molecule has 0 aliphatic carbocycles. The van der Waals surface area contributed by atoms with E-state index in [1.807, 2.05) is 6.07 Å². The predicted molar refractivity (Wildman–Crippen MR) is 78.3 cm³/mol. The molecule has 0 bridgehead atoms. The van der Waals surface area contributed by atoms with Crippen LogP contribution in [0.5, 0.6) is 0 Å². The molecule has 0 radical (unpaired) electrons. The lowest BCUT2D eigenvalue weighted by Gasteiger charge is -2.41. The second-order valence-electron chi connectivity index (χ2n) is 5.83. The second-order valence-corrected chi connectivity index (χ2v) is 5.83. The molecule has 0 saturated carbocycles. The molecule has 106 valence electrons. The van der Waals surface area contributed by atoms with Crippen LogP contribution in [0.2, 0.25) is 0 Å². The quantitative estimate of drug-likeness (QED) is 0.838. The molecule has 2 rings (SSSR count). The average Bonchev–Trinajstić information content (AvgIpc) is 2.43. The Hall–Kier alpha value is -1.09. The molecule has 0 unspecified atom stereocenters. The second kappa shape index (κ2) is 5.91. The number of nitrogens with zero attached hydrogens (tertiary/aromatic N) is 1. The third-order valence-corrected chi connectivity index (χ3v) is 4.89. The van der Waals surface area contributed by atoms with E-state index in [0.717, 1.165) is 18.7 Å². The molecular weight excluding hydrogens is 239 g/mol. The standard InChI is InChI=1S/C16H25FN2/c1-3-16(4-2)7-9-19(10-8-16)12-13-5-6-14(18)11-15(13)17/h5-6,11H,3-4,7-10,12,18H2,1-2H3. The van der Waals surface area contributed by atoms with E-state index in [1.165, 1.54) is 31.7 Å². The lowest BCUT2D eigenvalue weighted by Crippen LogP contribution is -2.39. The molecule has 3 heteroatoms.